The molecule has 1 aromatic carbocycles. The summed E-state index contributed by atoms with van der Waals surface area (Å²) in [5.41, 5.74) is 2.98. The maximum atomic E-state index is 12.9. The molecule has 36 heavy (non-hydrogen) atoms. The number of nitrogens with one attached hydrogen (secondary N) is 2. The molecule has 0 radical (unpaired) electrons. The molecule has 1 aliphatic heterocycles. The van der Waals surface area contributed by atoms with Crippen molar-refractivity contribution >= 4 is 17.5 Å². The number of nitrogens with zero attached hydrogens (tertiary/aromatic N) is 6. The van der Waals surface area contributed by atoms with Crippen LogP contribution in [0.25, 0.3) is 11.3 Å². The second-order valence-electron chi connectivity index (χ2n) is 9.72. The van der Waals surface area contributed by atoms with Crippen LogP contribution in [0.5, 0.6) is 5.75 Å². The molecule has 0 spiro atoms. The Morgan fingerprint density at radius 1 is 1.19 bits per heavy atom. The van der Waals surface area contributed by atoms with Crippen molar-refractivity contribution in [2.45, 2.75) is 45.1 Å². The number of carbonyl (C=O) groups excluding carboxylic acids is 1. The van der Waals surface area contributed by atoms with Crippen LogP contribution >= 0.6 is 0 Å². The summed E-state index contributed by atoms with van der Waals surface area (Å²) in [6.45, 7) is 6.41. The fourth-order valence-corrected chi connectivity index (χ4v) is 3.91. The minimum Gasteiger partial charge on any atom is -0.493 e. The summed E-state index contributed by atoms with van der Waals surface area (Å²) in [5.74, 6) is 1.15. The van der Waals surface area contributed by atoms with Crippen LogP contribution in [0.15, 0.2) is 47.3 Å². The molecule has 2 N–H and O–H groups in total. The van der Waals surface area contributed by atoms with Crippen LogP contribution in [0.1, 0.15) is 61.8 Å². The van der Waals surface area contributed by atoms with Gasteiger partial charge in [0.05, 0.1) is 30.2 Å². The molecule has 186 valence electrons. The van der Waals surface area contributed by atoms with E-state index in [9.17, 15) is 4.79 Å². The molecular formula is C25H28N8O3. The predicted octanol–water partition coefficient (Wildman–Crippen LogP) is 3.94. The Balaban J connectivity index is 1.36. The molecule has 0 fully saturated rings. The number of fused-ring (bicyclic) bond motifs is 1. The molecule has 0 unspecified atom stereocenters. The van der Waals surface area contributed by atoms with Crippen LogP contribution in [-0.2, 0) is 12.5 Å². The number of amides is 1. The highest BCUT2D eigenvalue weighted by atomic mass is 16.5. The zero-order valence-corrected chi connectivity index (χ0v) is 20.6. The summed E-state index contributed by atoms with van der Waals surface area (Å²) in [6, 6.07) is 7.47. The van der Waals surface area contributed by atoms with E-state index in [4.69, 9.17) is 9.15 Å². The highest BCUT2D eigenvalue weighted by molar-refractivity contribution is 5.89. The third kappa shape index (κ3) is 5.04. The van der Waals surface area contributed by atoms with E-state index in [0.29, 0.717) is 24.2 Å². The Bertz CT molecular complexity index is 1390. The molecular weight excluding hydrogens is 460 g/mol. The van der Waals surface area contributed by atoms with Crippen molar-refractivity contribution < 1.29 is 13.9 Å². The third-order valence-electron chi connectivity index (χ3n) is 5.76. The standard InChI is InChI=1S/C25H28N8O3/c1-25(2,3)23-32-31-22(36-23)21(34)29-19-6-5-11-35-20-12-15(7-8-17(19)20)18-9-10-26-24(30-18)28-16-13-27-33(4)14-16/h7-10,12-14,19H,5-6,11H2,1-4H3,(H,29,34)(H,26,28,30)/t19-/m1/s1. The van der Waals surface area contributed by atoms with Gasteiger partial charge in [0, 0.05) is 36.0 Å². The lowest BCUT2D eigenvalue weighted by Gasteiger charge is -2.18. The largest absolute Gasteiger partial charge is 0.493 e. The molecule has 1 amide bonds. The van der Waals surface area contributed by atoms with Crippen molar-refractivity contribution in [3.05, 3.63) is 60.2 Å². The second-order valence-corrected chi connectivity index (χ2v) is 9.72. The molecule has 11 heteroatoms. The maximum Gasteiger partial charge on any atom is 0.309 e. The Morgan fingerprint density at radius 3 is 2.81 bits per heavy atom. The van der Waals surface area contributed by atoms with Gasteiger partial charge in [-0.3, -0.25) is 9.48 Å². The fraction of sp³-hybridized carbons (Fsp3) is 0.360. The number of hydrogen-bond donors (Lipinski definition) is 2. The molecule has 1 atom stereocenters. The second kappa shape index (κ2) is 9.40. The average Bonchev–Trinajstić information content (AvgIpc) is 3.46. The van der Waals surface area contributed by atoms with Crippen LogP contribution in [-0.4, -0.2) is 42.5 Å². The minimum atomic E-state index is -0.401. The van der Waals surface area contributed by atoms with Gasteiger partial charge in [-0.25, -0.2) is 9.97 Å². The first kappa shape index (κ1) is 23.5. The number of rotatable bonds is 5. The Hall–Kier alpha value is -4.28. The Kier molecular flexibility index (Phi) is 6.13. The van der Waals surface area contributed by atoms with E-state index in [2.05, 4.69) is 35.9 Å². The van der Waals surface area contributed by atoms with Crippen molar-refractivity contribution in [2.75, 3.05) is 11.9 Å². The fourth-order valence-electron chi connectivity index (χ4n) is 3.91. The molecule has 4 heterocycles. The van der Waals surface area contributed by atoms with Crippen LogP contribution in [0.3, 0.4) is 0 Å². The summed E-state index contributed by atoms with van der Waals surface area (Å²) in [5, 5.41) is 18.3. The van der Waals surface area contributed by atoms with E-state index in [-0.39, 0.29) is 17.3 Å². The summed E-state index contributed by atoms with van der Waals surface area (Å²) < 4.78 is 13.3. The van der Waals surface area contributed by atoms with E-state index < -0.39 is 5.91 Å². The van der Waals surface area contributed by atoms with Crippen molar-refractivity contribution in [3.8, 4) is 17.0 Å². The SMILES string of the molecule is Cn1cc(Nc2nccc(-c3ccc4c(c3)OCCC[C@H]4NC(=O)c3nnc(C(C)(C)C)o3)n2)cn1. The van der Waals surface area contributed by atoms with Crippen LogP contribution in [0.2, 0.25) is 0 Å². The van der Waals surface area contributed by atoms with Crippen LogP contribution in [0.4, 0.5) is 11.6 Å². The maximum absolute atomic E-state index is 12.9. The lowest BCUT2D eigenvalue weighted by atomic mass is 9.97. The van der Waals surface area contributed by atoms with E-state index in [1.54, 1.807) is 17.1 Å². The van der Waals surface area contributed by atoms with Crippen LogP contribution < -0.4 is 15.4 Å². The summed E-state index contributed by atoms with van der Waals surface area (Å²) in [7, 11) is 1.85. The molecule has 0 saturated carbocycles. The lowest BCUT2D eigenvalue weighted by molar-refractivity contribution is 0.0896. The Labute approximate surface area is 208 Å². The third-order valence-corrected chi connectivity index (χ3v) is 5.76. The molecule has 0 aliphatic carbocycles. The first-order chi connectivity index (χ1) is 17.3. The van der Waals surface area contributed by atoms with Gasteiger partial charge in [0.15, 0.2) is 0 Å². The number of carbonyl (C=O) groups is 1. The van der Waals surface area contributed by atoms with Gasteiger partial charge in [0.1, 0.15) is 5.75 Å². The van der Waals surface area contributed by atoms with Crippen molar-refractivity contribution in [1.29, 1.82) is 0 Å². The molecule has 3 aromatic heterocycles. The minimum absolute atomic E-state index is 0.0436. The van der Waals surface area contributed by atoms with Crippen molar-refractivity contribution in [3.63, 3.8) is 0 Å². The number of benzene rings is 1. The lowest BCUT2D eigenvalue weighted by Crippen LogP contribution is -2.28. The molecule has 5 rings (SSSR count). The van der Waals surface area contributed by atoms with E-state index >= 15 is 0 Å². The van der Waals surface area contributed by atoms with Gasteiger partial charge < -0.3 is 19.8 Å². The quantitative estimate of drug-likeness (QED) is 0.428. The van der Waals surface area contributed by atoms with Gasteiger partial charge in [0.25, 0.3) is 0 Å². The van der Waals surface area contributed by atoms with Crippen molar-refractivity contribution in [2.24, 2.45) is 7.05 Å². The molecule has 0 saturated heterocycles. The van der Waals surface area contributed by atoms with Gasteiger partial charge in [-0.2, -0.15) is 5.10 Å². The smallest absolute Gasteiger partial charge is 0.309 e. The van der Waals surface area contributed by atoms with Gasteiger partial charge >= 0.3 is 11.8 Å². The average molecular weight is 489 g/mol. The number of aryl methyl sites for hydroxylation is 1. The zero-order valence-electron chi connectivity index (χ0n) is 20.6. The topological polar surface area (TPSA) is 133 Å². The summed E-state index contributed by atoms with van der Waals surface area (Å²) in [6.07, 6.45) is 6.77. The normalized spacial score (nSPS) is 15.5. The highest BCUT2D eigenvalue weighted by Crippen LogP contribution is 2.35. The first-order valence-electron chi connectivity index (χ1n) is 11.8. The zero-order chi connectivity index (χ0) is 25.3. The summed E-state index contributed by atoms with van der Waals surface area (Å²) >= 11 is 0. The summed E-state index contributed by atoms with van der Waals surface area (Å²) in [4.78, 5) is 21.8. The number of hydrogen-bond acceptors (Lipinski definition) is 9. The first-order valence-corrected chi connectivity index (χ1v) is 11.8. The highest BCUT2D eigenvalue weighted by Gasteiger charge is 2.27. The number of aromatic nitrogens is 6. The van der Waals surface area contributed by atoms with E-state index in [0.717, 1.165) is 35.3 Å². The van der Waals surface area contributed by atoms with Gasteiger partial charge in [-0.05, 0) is 25.0 Å². The number of ether oxygens (including phenoxy) is 1. The van der Waals surface area contributed by atoms with E-state index in [1.165, 1.54) is 0 Å². The molecule has 1 aliphatic rings. The monoisotopic (exact) mass is 488 g/mol. The molecule has 4 aromatic rings. The number of anilines is 2. The molecule has 0 bridgehead atoms. The Morgan fingerprint density at radius 2 is 2.06 bits per heavy atom. The van der Waals surface area contributed by atoms with Gasteiger partial charge in [0.2, 0.25) is 11.8 Å². The van der Waals surface area contributed by atoms with Crippen molar-refractivity contribution in [1.82, 2.24) is 35.3 Å². The van der Waals surface area contributed by atoms with E-state index in [1.807, 2.05) is 58.3 Å². The van der Waals surface area contributed by atoms with Gasteiger partial charge in [-0.1, -0.05) is 32.9 Å². The van der Waals surface area contributed by atoms with Crippen LogP contribution in [0, 0.1) is 0 Å². The van der Waals surface area contributed by atoms with Gasteiger partial charge in [-0.15, -0.1) is 10.2 Å². The predicted molar refractivity (Wildman–Crippen MR) is 132 cm³/mol. The molecule has 11 nitrogen and oxygen atoms in total.